The smallest absolute Gasteiger partial charge is 0.231 e. The molecule has 3 heterocycles. The van der Waals surface area contributed by atoms with Crippen molar-refractivity contribution in [3.8, 4) is 22.9 Å². The van der Waals surface area contributed by atoms with E-state index in [9.17, 15) is 0 Å². The Balaban J connectivity index is 1.37. The fourth-order valence-corrected chi connectivity index (χ4v) is 4.59. The lowest BCUT2D eigenvalue weighted by atomic mass is 10.2. The second kappa shape index (κ2) is 9.07. The van der Waals surface area contributed by atoms with Crippen molar-refractivity contribution in [1.29, 1.82) is 0 Å². The van der Waals surface area contributed by atoms with Gasteiger partial charge in [-0.1, -0.05) is 48.2 Å². The predicted molar refractivity (Wildman–Crippen MR) is 115 cm³/mol. The highest BCUT2D eigenvalue weighted by Crippen LogP contribution is 2.33. The maximum absolute atomic E-state index is 5.55. The third-order valence-corrected chi connectivity index (χ3v) is 6.22. The van der Waals surface area contributed by atoms with Gasteiger partial charge in [0.05, 0.1) is 19.8 Å². The van der Waals surface area contributed by atoms with Gasteiger partial charge < -0.3 is 14.2 Å². The summed E-state index contributed by atoms with van der Waals surface area (Å²) in [7, 11) is 0. The van der Waals surface area contributed by atoms with Crippen molar-refractivity contribution in [2.45, 2.75) is 11.7 Å². The summed E-state index contributed by atoms with van der Waals surface area (Å²) in [6.45, 7) is 5.62. The third-order valence-electron chi connectivity index (χ3n) is 5.27. The highest BCUT2D eigenvalue weighted by Gasteiger charge is 2.18. The second-order valence-corrected chi connectivity index (χ2v) is 8.31. The van der Waals surface area contributed by atoms with Gasteiger partial charge in [0.1, 0.15) is 0 Å². The Morgan fingerprint density at radius 1 is 0.933 bits per heavy atom. The van der Waals surface area contributed by atoms with E-state index in [1.54, 1.807) is 11.8 Å². The number of rotatable bonds is 7. The van der Waals surface area contributed by atoms with Gasteiger partial charge in [0.15, 0.2) is 22.5 Å². The SMILES string of the molecule is c1ccc(-c2nnc(SCCN3CCOCC3)n2Cc2ccc3c(c2)OCO3)cc1. The van der Waals surface area contributed by atoms with E-state index in [0.717, 1.165) is 72.2 Å². The molecule has 0 atom stereocenters. The van der Waals surface area contributed by atoms with Crippen molar-refractivity contribution < 1.29 is 14.2 Å². The number of aromatic nitrogens is 3. The van der Waals surface area contributed by atoms with Gasteiger partial charge in [-0.3, -0.25) is 9.47 Å². The van der Waals surface area contributed by atoms with Gasteiger partial charge in [0.2, 0.25) is 6.79 Å². The fourth-order valence-electron chi connectivity index (χ4n) is 3.65. The summed E-state index contributed by atoms with van der Waals surface area (Å²) in [5.74, 6) is 3.44. The Morgan fingerprint density at radius 2 is 1.77 bits per heavy atom. The molecular weight excluding hydrogens is 400 g/mol. The van der Waals surface area contributed by atoms with Crippen LogP contribution < -0.4 is 9.47 Å². The zero-order valence-electron chi connectivity index (χ0n) is 16.7. The predicted octanol–water partition coefficient (Wildman–Crippen LogP) is 3.15. The number of ether oxygens (including phenoxy) is 3. The molecule has 1 aromatic heterocycles. The fraction of sp³-hybridized carbons (Fsp3) is 0.364. The molecule has 0 saturated carbocycles. The minimum Gasteiger partial charge on any atom is -0.454 e. The molecule has 0 aliphatic carbocycles. The molecule has 7 nitrogen and oxygen atoms in total. The van der Waals surface area contributed by atoms with Crippen molar-refractivity contribution in [3.63, 3.8) is 0 Å². The summed E-state index contributed by atoms with van der Waals surface area (Å²) in [5.41, 5.74) is 2.19. The van der Waals surface area contributed by atoms with Crippen LogP contribution >= 0.6 is 11.8 Å². The highest BCUT2D eigenvalue weighted by atomic mass is 32.2. The molecule has 1 saturated heterocycles. The molecule has 2 aliphatic rings. The topological polar surface area (TPSA) is 61.6 Å². The number of benzene rings is 2. The van der Waals surface area contributed by atoms with E-state index in [0.29, 0.717) is 6.54 Å². The largest absolute Gasteiger partial charge is 0.454 e. The molecule has 8 heteroatoms. The van der Waals surface area contributed by atoms with Crippen LogP contribution in [0.4, 0.5) is 0 Å². The first-order valence-corrected chi connectivity index (χ1v) is 11.2. The average Bonchev–Trinajstić information content (AvgIpc) is 3.42. The normalized spacial score (nSPS) is 16.1. The molecule has 30 heavy (non-hydrogen) atoms. The molecular formula is C22H24N4O3S. The number of hydrogen-bond donors (Lipinski definition) is 0. The Labute approximate surface area is 180 Å². The molecule has 0 N–H and O–H groups in total. The van der Waals surface area contributed by atoms with Crippen LogP contribution in [-0.4, -0.2) is 65.1 Å². The van der Waals surface area contributed by atoms with Crippen LogP contribution in [0.25, 0.3) is 11.4 Å². The van der Waals surface area contributed by atoms with Gasteiger partial charge in [0, 0.05) is 31.0 Å². The van der Waals surface area contributed by atoms with E-state index < -0.39 is 0 Å². The molecule has 3 aromatic rings. The average molecular weight is 425 g/mol. The van der Waals surface area contributed by atoms with Gasteiger partial charge in [-0.25, -0.2) is 0 Å². The van der Waals surface area contributed by atoms with Gasteiger partial charge >= 0.3 is 0 Å². The minimum absolute atomic E-state index is 0.281. The molecule has 1 fully saturated rings. The number of morpholine rings is 1. The molecule has 5 rings (SSSR count). The van der Waals surface area contributed by atoms with E-state index in [2.05, 4.69) is 37.9 Å². The van der Waals surface area contributed by atoms with Gasteiger partial charge in [-0.05, 0) is 17.7 Å². The Bertz CT molecular complexity index is 989. The van der Waals surface area contributed by atoms with Gasteiger partial charge in [-0.2, -0.15) is 0 Å². The number of fused-ring (bicyclic) bond motifs is 1. The van der Waals surface area contributed by atoms with Crippen LogP contribution in [0.2, 0.25) is 0 Å². The first kappa shape index (κ1) is 19.4. The highest BCUT2D eigenvalue weighted by molar-refractivity contribution is 7.99. The zero-order chi connectivity index (χ0) is 20.2. The van der Waals surface area contributed by atoms with E-state index >= 15 is 0 Å². The van der Waals surface area contributed by atoms with Crippen molar-refractivity contribution in [2.75, 3.05) is 45.4 Å². The molecule has 0 amide bonds. The maximum atomic E-state index is 5.55. The molecule has 2 aliphatic heterocycles. The van der Waals surface area contributed by atoms with Crippen LogP contribution in [0.3, 0.4) is 0 Å². The summed E-state index contributed by atoms with van der Waals surface area (Å²) < 4.78 is 18.6. The Morgan fingerprint density at radius 3 is 2.63 bits per heavy atom. The Hall–Kier alpha value is -2.55. The Kier molecular flexibility index (Phi) is 5.87. The van der Waals surface area contributed by atoms with Crippen LogP contribution in [0.15, 0.2) is 53.7 Å². The van der Waals surface area contributed by atoms with Crippen LogP contribution in [0.1, 0.15) is 5.56 Å². The minimum atomic E-state index is 0.281. The molecule has 0 radical (unpaired) electrons. The van der Waals surface area contributed by atoms with Crippen LogP contribution in [0.5, 0.6) is 11.5 Å². The lowest BCUT2D eigenvalue weighted by Crippen LogP contribution is -2.37. The van der Waals surface area contributed by atoms with Gasteiger partial charge in [0.25, 0.3) is 0 Å². The monoisotopic (exact) mass is 424 g/mol. The maximum Gasteiger partial charge on any atom is 0.231 e. The number of hydrogen-bond acceptors (Lipinski definition) is 7. The van der Waals surface area contributed by atoms with Crippen LogP contribution in [-0.2, 0) is 11.3 Å². The lowest BCUT2D eigenvalue weighted by molar-refractivity contribution is 0.0410. The van der Waals surface area contributed by atoms with Crippen LogP contribution in [0, 0.1) is 0 Å². The number of thioether (sulfide) groups is 1. The molecule has 0 spiro atoms. The zero-order valence-corrected chi connectivity index (χ0v) is 17.5. The molecule has 0 bridgehead atoms. The van der Waals surface area contributed by atoms with Crippen molar-refractivity contribution in [1.82, 2.24) is 19.7 Å². The van der Waals surface area contributed by atoms with E-state index in [1.165, 1.54) is 0 Å². The number of nitrogens with zero attached hydrogens (tertiary/aromatic N) is 4. The van der Waals surface area contributed by atoms with E-state index in [4.69, 9.17) is 14.2 Å². The molecule has 156 valence electrons. The summed E-state index contributed by atoms with van der Waals surface area (Å²) in [4.78, 5) is 2.44. The third kappa shape index (κ3) is 4.30. The van der Waals surface area contributed by atoms with Crippen molar-refractivity contribution >= 4 is 11.8 Å². The van der Waals surface area contributed by atoms with Crippen molar-refractivity contribution in [3.05, 3.63) is 54.1 Å². The lowest BCUT2D eigenvalue weighted by Gasteiger charge is -2.26. The summed E-state index contributed by atoms with van der Waals surface area (Å²) in [5, 5.41) is 9.97. The first-order chi connectivity index (χ1) is 14.9. The summed E-state index contributed by atoms with van der Waals surface area (Å²) in [6.07, 6.45) is 0. The molecule has 2 aromatic carbocycles. The summed E-state index contributed by atoms with van der Waals surface area (Å²) in [6, 6.07) is 16.3. The van der Waals surface area contributed by atoms with E-state index in [1.807, 2.05) is 30.3 Å². The second-order valence-electron chi connectivity index (χ2n) is 7.25. The standard InChI is InChI=1S/C22H24N4O3S/c1-2-4-18(5-3-1)21-23-24-22(30-13-10-25-8-11-27-12-9-25)26(21)15-17-6-7-19-20(14-17)29-16-28-19/h1-7,14H,8-13,15-16H2. The van der Waals surface area contributed by atoms with E-state index in [-0.39, 0.29) is 6.79 Å². The quantitative estimate of drug-likeness (QED) is 0.540. The first-order valence-electron chi connectivity index (χ1n) is 10.2. The molecule has 0 unspecified atom stereocenters. The van der Waals surface area contributed by atoms with Gasteiger partial charge in [-0.15, -0.1) is 10.2 Å². The summed E-state index contributed by atoms with van der Waals surface area (Å²) >= 11 is 1.75. The van der Waals surface area contributed by atoms with Crippen molar-refractivity contribution in [2.24, 2.45) is 0 Å².